The lowest BCUT2D eigenvalue weighted by Gasteiger charge is -2.32. The van der Waals surface area contributed by atoms with Crippen molar-refractivity contribution in [3.63, 3.8) is 0 Å². The molecule has 1 fully saturated rings. The highest BCUT2D eigenvalue weighted by Crippen LogP contribution is 2.18. The van der Waals surface area contributed by atoms with Crippen molar-refractivity contribution in [1.82, 2.24) is 15.1 Å². The zero-order chi connectivity index (χ0) is 22.1. The van der Waals surface area contributed by atoms with Crippen LogP contribution in [0.3, 0.4) is 0 Å². The summed E-state index contributed by atoms with van der Waals surface area (Å²) in [4.78, 5) is 29.7. The van der Waals surface area contributed by atoms with Gasteiger partial charge in [0.2, 0.25) is 11.8 Å². The number of likely N-dealkylation sites (tertiary alicyclic amines) is 1. The monoisotopic (exact) mass is 421 g/mol. The molecule has 2 aromatic rings. The van der Waals surface area contributed by atoms with Crippen molar-refractivity contribution in [2.24, 2.45) is 5.92 Å². The second-order valence-corrected chi connectivity index (χ2v) is 8.34. The fourth-order valence-electron chi connectivity index (χ4n) is 4.18. The van der Waals surface area contributed by atoms with E-state index in [4.69, 9.17) is 0 Å². The number of carbonyl (C=O) groups excluding carboxylic acids is 2. The Morgan fingerprint density at radius 3 is 2.45 bits per heavy atom. The Balaban J connectivity index is 1.50. The second-order valence-electron chi connectivity index (χ2n) is 8.34. The third kappa shape index (κ3) is 6.93. The highest BCUT2D eigenvalue weighted by Gasteiger charge is 2.28. The van der Waals surface area contributed by atoms with E-state index < -0.39 is 0 Å². The lowest BCUT2D eigenvalue weighted by Crippen LogP contribution is -2.45. The number of hydrogen-bond donors (Lipinski definition) is 1. The molecule has 0 aliphatic carbocycles. The minimum absolute atomic E-state index is 0.0476. The number of benzene rings is 2. The molecule has 166 valence electrons. The minimum atomic E-state index is -0.132. The van der Waals surface area contributed by atoms with E-state index >= 15 is 0 Å². The smallest absolute Gasteiger partial charge is 0.227 e. The SMILES string of the molecule is CCN(CC)Cc1cccc(CNC(=O)C2CCCN(C(=O)Cc3ccccc3)C2)c1. The van der Waals surface area contributed by atoms with Crippen LogP contribution in [-0.2, 0) is 29.1 Å². The molecule has 1 heterocycles. The lowest BCUT2D eigenvalue weighted by molar-refractivity contribution is -0.135. The molecule has 1 saturated heterocycles. The molecule has 2 aromatic carbocycles. The van der Waals surface area contributed by atoms with Crippen molar-refractivity contribution in [3.05, 3.63) is 71.3 Å². The van der Waals surface area contributed by atoms with Gasteiger partial charge in [-0.25, -0.2) is 0 Å². The third-order valence-corrected chi connectivity index (χ3v) is 6.10. The van der Waals surface area contributed by atoms with Crippen LogP contribution in [0.4, 0.5) is 0 Å². The Morgan fingerprint density at radius 1 is 1.00 bits per heavy atom. The first-order chi connectivity index (χ1) is 15.1. The fraction of sp³-hybridized carbons (Fsp3) is 0.462. The highest BCUT2D eigenvalue weighted by atomic mass is 16.2. The van der Waals surface area contributed by atoms with Gasteiger partial charge in [-0.2, -0.15) is 0 Å². The molecule has 2 amide bonds. The standard InChI is InChI=1S/C26H35N3O2/c1-3-28(4-2)19-23-13-8-12-22(16-23)18-27-26(31)24-14-9-15-29(20-24)25(30)17-21-10-6-5-7-11-21/h5-8,10-13,16,24H,3-4,9,14-15,17-20H2,1-2H3,(H,27,31). The molecule has 0 saturated carbocycles. The predicted molar refractivity (Wildman–Crippen MR) is 124 cm³/mol. The van der Waals surface area contributed by atoms with Gasteiger partial charge in [-0.3, -0.25) is 14.5 Å². The van der Waals surface area contributed by atoms with E-state index in [1.54, 1.807) is 0 Å². The molecule has 1 atom stereocenters. The van der Waals surface area contributed by atoms with E-state index in [0.29, 0.717) is 19.5 Å². The van der Waals surface area contributed by atoms with E-state index in [9.17, 15) is 9.59 Å². The normalized spacial score (nSPS) is 16.4. The van der Waals surface area contributed by atoms with Crippen LogP contribution in [-0.4, -0.2) is 47.8 Å². The average Bonchev–Trinajstić information content (AvgIpc) is 2.82. The Morgan fingerprint density at radius 2 is 1.71 bits per heavy atom. The molecule has 1 aliphatic rings. The first-order valence-electron chi connectivity index (χ1n) is 11.5. The van der Waals surface area contributed by atoms with Crippen LogP contribution in [0.2, 0.25) is 0 Å². The van der Waals surface area contributed by atoms with Crippen LogP contribution in [0.15, 0.2) is 54.6 Å². The second kappa shape index (κ2) is 11.7. The maximum Gasteiger partial charge on any atom is 0.227 e. The number of rotatable bonds is 9. The fourth-order valence-corrected chi connectivity index (χ4v) is 4.18. The molecule has 1 aliphatic heterocycles. The summed E-state index contributed by atoms with van der Waals surface area (Å²) < 4.78 is 0. The zero-order valence-corrected chi connectivity index (χ0v) is 18.8. The van der Waals surface area contributed by atoms with Crippen LogP contribution in [0.1, 0.15) is 43.4 Å². The summed E-state index contributed by atoms with van der Waals surface area (Å²) in [6.07, 6.45) is 2.11. The Labute approximate surface area is 186 Å². The number of carbonyl (C=O) groups is 2. The van der Waals surface area contributed by atoms with Crippen molar-refractivity contribution in [2.45, 2.75) is 46.2 Å². The van der Waals surface area contributed by atoms with Gasteiger partial charge in [0.25, 0.3) is 0 Å². The molecule has 5 nitrogen and oxygen atoms in total. The summed E-state index contributed by atoms with van der Waals surface area (Å²) in [5.41, 5.74) is 3.40. The van der Waals surface area contributed by atoms with E-state index in [1.807, 2.05) is 35.2 Å². The van der Waals surface area contributed by atoms with Crippen molar-refractivity contribution < 1.29 is 9.59 Å². The largest absolute Gasteiger partial charge is 0.352 e. The summed E-state index contributed by atoms with van der Waals surface area (Å²) in [5.74, 6) is 0.0199. The number of amides is 2. The number of nitrogens with one attached hydrogen (secondary N) is 1. The first-order valence-corrected chi connectivity index (χ1v) is 11.5. The van der Waals surface area contributed by atoms with Crippen molar-refractivity contribution in [2.75, 3.05) is 26.2 Å². The molecule has 0 radical (unpaired) electrons. The maximum atomic E-state index is 12.8. The van der Waals surface area contributed by atoms with Crippen LogP contribution in [0.25, 0.3) is 0 Å². The van der Waals surface area contributed by atoms with E-state index in [-0.39, 0.29) is 17.7 Å². The van der Waals surface area contributed by atoms with Gasteiger partial charge in [0.05, 0.1) is 12.3 Å². The summed E-state index contributed by atoms with van der Waals surface area (Å²) >= 11 is 0. The Kier molecular flexibility index (Phi) is 8.65. The van der Waals surface area contributed by atoms with Crippen LogP contribution in [0.5, 0.6) is 0 Å². The van der Waals surface area contributed by atoms with Gasteiger partial charge in [0.1, 0.15) is 0 Å². The van der Waals surface area contributed by atoms with Gasteiger partial charge >= 0.3 is 0 Å². The molecular formula is C26H35N3O2. The van der Waals surface area contributed by atoms with Crippen LogP contribution < -0.4 is 5.32 Å². The number of piperidine rings is 1. The van der Waals surface area contributed by atoms with E-state index in [0.717, 1.165) is 50.1 Å². The van der Waals surface area contributed by atoms with Gasteiger partial charge in [-0.05, 0) is 42.6 Å². The van der Waals surface area contributed by atoms with Crippen LogP contribution >= 0.6 is 0 Å². The van der Waals surface area contributed by atoms with Crippen molar-refractivity contribution in [1.29, 1.82) is 0 Å². The summed E-state index contributed by atoms with van der Waals surface area (Å²) in [6, 6.07) is 18.2. The first kappa shape index (κ1) is 23.0. The molecule has 31 heavy (non-hydrogen) atoms. The van der Waals surface area contributed by atoms with Crippen molar-refractivity contribution >= 4 is 11.8 Å². The van der Waals surface area contributed by atoms with Gasteiger partial charge in [-0.15, -0.1) is 0 Å². The molecular weight excluding hydrogens is 386 g/mol. The molecule has 5 heteroatoms. The molecule has 3 rings (SSSR count). The number of nitrogens with zero attached hydrogens (tertiary/aromatic N) is 2. The number of hydrogen-bond acceptors (Lipinski definition) is 3. The van der Waals surface area contributed by atoms with Gasteiger partial charge < -0.3 is 10.2 Å². The predicted octanol–water partition coefficient (Wildman–Crippen LogP) is 3.63. The van der Waals surface area contributed by atoms with Gasteiger partial charge in [0, 0.05) is 26.2 Å². The lowest BCUT2D eigenvalue weighted by atomic mass is 9.96. The minimum Gasteiger partial charge on any atom is -0.352 e. The Bertz CT molecular complexity index is 849. The molecule has 0 bridgehead atoms. The van der Waals surface area contributed by atoms with E-state index in [1.165, 1.54) is 5.56 Å². The maximum absolute atomic E-state index is 12.8. The highest BCUT2D eigenvalue weighted by molar-refractivity contribution is 5.82. The molecule has 0 aromatic heterocycles. The topological polar surface area (TPSA) is 52.7 Å². The summed E-state index contributed by atoms with van der Waals surface area (Å²) in [5, 5.41) is 3.10. The third-order valence-electron chi connectivity index (χ3n) is 6.10. The van der Waals surface area contributed by atoms with Gasteiger partial charge in [-0.1, -0.05) is 68.4 Å². The van der Waals surface area contributed by atoms with E-state index in [2.05, 4.69) is 48.3 Å². The van der Waals surface area contributed by atoms with Crippen molar-refractivity contribution in [3.8, 4) is 0 Å². The summed E-state index contributed by atoms with van der Waals surface area (Å²) in [7, 11) is 0. The Hall–Kier alpha value is -2.66. The average molecular weight is 422 g/mol. The summed E-state index contributed by atoms with van der Waals surface area (Å²) in [6.45, 7) is 9.10. The molecule has 1 unspecified atom stereocenters. The van der Waals surface area contributed by atoms with Gasteiger partial charge in [0.15, 0.2) is 0 Å². The zero-order valence-electron chi connectivity index (χ0n) is 18.8. The quantitative estimate of drug-likeness (QED) is 0.673. The molecule has 0 spiro atoms. The van der Waals surface area contributed by atoms with Crippen LogP contribution in [0, 0.1) is 5.92 Å². The molecule has 1 N–H and O–H groups in total.